The lowest BCUT2D eigenvalue weighted by Gasteiger charge is -2.40. The molecule has 1 saturated heterocycles. The Morgan fingerprint density at radius 1 is 0.567 bits per heavy atom. The third kappa shape index (κ3) is 31.5. The molecule has 1 aliphatic rings. The zero-order valence-corrected chi connectivity index (χ0v) is 39.0. The van der Waals surface area contributed by atoms with E-state index in [-0.39, 0.29) is 12.5 Å². The molecule has 9 nitrogen and oxygen atoms in total. The van der Waals surface area contributed by atoms with Gasteiger partial charge in [-0.2, -0.15) is 0 Å². The van der Waals surface area contributed by atoms with Crippen molar-refractivity contribution in [2.75, 3.05) is 13.2 Å². The number of unbranched alkanes of at least 4 members (excludes halogenated alkanes) is 29. The molecule has 7 atom stereocenters. The summed E-state index contributed by atoms with van der Waals surface area (Å²) in [5, 5.41) is 54.5. The minimum atomic E-state index is -1.55. The molecule has 60 heavy (non-hydrogen) atoms. The molecule has 0 aromatic carbocycles. The number of allylic oxidation sites excluding steroid dienone is 4. The molecule has 354 valence electrons. The molecule has 1 fully saturated rings. The first-order chi connectivity index (χ1) is 29.3. The number of hydrogen-bond acceptors (Lipinski definition) is 8. The maximum atomic E-state index is 13.0. The van der Waals surface area contributed by atoms with Gasteiger partial charge in [0.25, 0.3) is 0 Å². The van der Waals surface area contributed by atoms with Crippen molar-refractivity contribution in [1.82, 2.24) is 5.32 Å². The minimum absolute atomic E-state index is 0.142. The maximum absolute atomic E-state index is 13.0. The average molecular weight is 852 g/mol. The Hall–Kier alpha value is -1.33. The van der Waals surface area contributed by atoms with Gasteiger partial charge in [-0.1, -0.05) is 212 Å². The van der Waals surface area contributed by atoms with Crippen LogP contribution in [0.25, 0.3) is 0 Å². The lowest BCUT2D eigenvalue weighted by molar-refractivity contribution is -0.302. The highest BCUT2D eigenvalue weighted by atomic mass is 16.7. The second-order valence-corrected chi connectivity index (χ2v) is 18.0. The molecule has 6 N–H and O–H groups in total. The van der Waals surface area contributed by atoms with E-state index in [1.54, 1.807) is 0 Å². The van der Waals surface area contributed by atoms with Gasteiger partial charge >= 0.3 is 0 Å². The van der Waals surface area contributed by atoms with Crippen LogP contribution in [-0.4, -0.2) is 87.5 Å². The predicted octanol–water partition coefficient (Wildman–Crippen LogP) is 11.5. The monoisotopic (exact) mass is 852 g/mol. The third-order valence-corrected chi connectivity index (χ3v) is 12.3. The van der Waals surface area contributed by atoms with Gasteiger partial charge in [0.2, 0.25) is 5.91 Å². The van der Waals surface area contributed by atoms with Crippen molar-refractivity contribution in [3.05, 3.63) is 24.3 Å². The first kappa shape index (κ1) is 56.7. The van der Waals surface area contributed by atoms with Crippen molar-refractivity contribution in [3.8, 4) is 0 Å². The van der Waals surface area contributed by atoms with Crippen LogP contribution in [0.3, 0.4) is 0 Å². The summed E-state index contributed by atoms with van der Waals surface area (Å²) < 4.78 is 11.3. The topological polar surface area (TPSA) is 149 Å². The number of carbonyl (C=O) groups is 1. The average Bonchev–Trinajstić information content (AvgIpc) is 3.25. The Morgan fingerprint density at radius 3 is 1.45 bits per heavy atom. The third-order valence-electron chi connectivity index (χ3n) is 12.3. The molecule has 0 aromatic heterocycles. The second kappa shape index (κ2) is 41.7. The van der Waals surface area contributed by atoms with E-state index in [0.29, 0.717) is 12.8 Å². The fourth-order valence-corrected chi connectivity index (χ4v) is 8.19. The van der Waals surface area contributed by atoms with E-state index in [4.69, 9.17) is 9.47 Å². The SMILES string of the molecule is CCCCCC/C=C\C/C=C\CCCCCCCC(=O)NC(COC1OC(CO)C(O)C(O)C1O)C(O)CCCCCCCCCCCCCCCCCCCCCCC. The van der Waals surface area contributed by atoms with E-state index >= 15 is 0 Å². The van der Waals surface area contributed by atoms with Crippen LogP contribution >= 0.6 is 0 Å². The predicted molar refractivity (Wildman–Crippen MR) is 249 cm³/mol. The molecule has 1 amide bonds. The number of carbonyl (C=O) groups excluding carboxylic acids is 1. The Labute approximate surface area is 369 Å². The van der Waals surface area contributed by atoms with E-state index in [2.05, 4.69) is 43.5 Å². The summed E-state index contributed by atoms with van der Waals surface area (Å²) in [7, 11) is 0. The Balaban J connectivity index is 2.27. The Morgan fingerprint density at radius 2 is 0.983 bits per heavy atom. The standard InChI is InChI=1S/C51H97NO8/c1-3-5-7-9-11-13-15-17-19-21-22-23-24-25-26-28-30-32-34-36-38-40-45(54)44(43-59-51-50(58)49(57)48(56)46(42-53)60-51)52-47(55)41-39-37-35-33-31-29-27-20-18-16-14-12-10-8-6-4-2/h14,16,20,27,44-46,48-51,53-54,56-58H,3-13,15,17-19,21-26,28-43H2,1-2H3,(H,52,55)/b16-14-,27-20-. The van der Waals surface area contributed by atoms with Crippen LogP contribution in [-0.2, 0) is 14.3 Å². The lowest BCUT2D eigenvalue weighted by atomic mass is 9.99. The van der Waals surface area contributed by atoms with Crippen molar-refractivity contribution in [2.45, 2.75) is 281 Å². The van der Waals surface area contributed by atoms with Gasteiger partial charge in [0.15, 0.2) is 6.29 Å². The number of nitrogens with one attached hydrogen (secondary N) is 1. The minimum Gasteiger partial charge on any atom is -0.394 e. The van der Waals surface area contributed by atoms with E-state index in [0.717, 1.165) is 64.2 Å². The number of aliphatic hydroxyl groups excluding tert-OH is 5. The molecule has 0 bridgehead atoms. The maximum Gasteiger partial charge on any atom is 0.220 e. The molecule has 0 radical (unpaired) electrons. The van der Waals surface area contributed by atoms with Crippen molar-refractivity contribution in [2.24, 2.45) is 0 Å². The largest absolute Gasteiger partial charge is 0.394 e. The van der Waals surface area contributed by atoms with Crippen LogP contribution in [0, 0.1) is 0 Å². The van der Waals surface area contributed by atoms with Crippen LogP contribution in [0.2, 0.25) is 0 Å². The Bertz CT molecular complexity index is 992. The highest BCUT2D eigenvalue weighted by Gasteiger charge is 2.44. The summed E-state index contributed by atoms with van der Waals surface area (Å²) in [6.45, 7) is 3.83. The molecule has 0 spiro atoms. The number of rotatable bonds is 43. The zero-order valence-electron chi connectivity index (χ0n) is 39.0. The number of amides is 1. The van der Waals surface area contributed by atoms with E-state index in [1.165, 1.54) is 148 Å². The van der Waals surface area contributed by atoms with Crippen LogP contribution in [0.15, 0.2) is 24.3 Å². The lowest BCUT2D eigenvalue weighted by Crippen LogP contribution is -2.60. The number of aliphatic hydroxyl groups is 5. The molecule has 0 saturated carbocycles. The summed E-state index contributed by atoms with van der Waals surface area (Å²) in [5.41, 5.74) is 0. The molecule has 0 aliphatic carbocycles. The first-order valence-corrected chi connectivity index (χ1v) is 25.5. The van der Waals surface area contributed by atoms with Gasteiger partial charge in [0.1, 0.15) is 24.4 Å². The van der Waals surface area contributed by atoms with Gasteiger partial charge in [-0.15, -0.1) is 0 Å². The van der Waals surface area contributed by atoms with Gasteiger partial charge < -0.3 is 40.3 Å². The van der Waals surface area contributed by atoms with Crippen molar-refractivity contribution in [3.63, 3.8) is 0 Å². The van der Waals surface area contributed by atoms with E-state index in [1.807, 2.05) is 0 Å². The highest BCUT2D eigenvalue weighted by Crippen LogP contribution is 2.23. The van der Waals surface area contributed by atoms with Crippen LogP contribution in [0.1, 0.15) is 239 Å². The summed E-state index contributed by atoms with van der Waals surface area (Å²) in [4.78, 5) is 13.0. The van der Waals surface area contributed by atoms with Crippen molar-refractivity contribution >= 4 is 5.91 Å². The van der Waals surface area contributed by atoms with Crippen LogP contribution in [0.4, 0.5) is 0 Å². The number of ether oxygens (including phenoxy) is 2. The first-order valence-electron chi connectivity index (χ1n) is 25.5. The summed E-state index contributed by atoms with van der Waals surface area (Å²) in [6, 6.07) is -0.724. The highest BCUT2D eigenvalue weighted by molar-refractivity contribution is 5.76. The summed E-state index contributed by atoms with van der Waals surface area (Å²) in [6.07, 6.45) is 43.3. The summed E-state index contributed by atoms with van der Waals surface area (Å²) >= 11 is 0. The van der Waals surface area contributed by atoms with E-state index < -0.39 is 49.5 Å². The van der Waals surface area contributed by atoms with Crippen LogP contribution < -0.4 is 5.32 Å². The Kier molecular flexibility index (Phi) is 39.4. The smallest absolute Gasteiger partial charge is 0.220 e. The van der Waals surface area contributed by atoms with Crippen molar-refractivity contribution < 1.29 is 39.8 Å². The fraction of sp³-hybridized carbons (Fsp3) is 0.902. The fourth-order valence-electron chi connectivity index (χ4n) is 8.19. The van der Waals surface area contributed by atoms with Gasteiger partial charge in [-0.25, -0.2) is 0 Å². The molecular formula is C51H97NO8. The molecule has 0 aromatic rings. The van der Waals surface area contributed by atoms with Crippen molar-refractivity contribution in [1.29, 1.82) is 0 Å². The van der Waals surface area contributed by atoms with Gasteiger partial charge in [0, 0.05) is 6.42 Å². The van der Waals surface area contributed by atoms with Gasteiger partial charge in [0.05, 0.1) is 25.4 Å². The van der Waals surface area contributed by atoms with Crippen LogP contribution in [0.5, 0.6) is 0 Å². The molecule has 1 aliphatic heterocycles. The number of hydrogen-bond donors (Lipinski definition) is 6. The molecule has 1 rings (SSSR count). The van der Waals surface area contributed by atoms with Gasteiger partial charge in [-0.05, 0) is 44.9 Å². The molecule has 1 heterocycles. The second-order valence-electron chi connectivity index (χ2n) is 18.0. The molecule has 7 unspecified atom stereocenters. The summed E-state index contributed by atoms with van der Waals surface area (Å²) in [5.74, 6) is -0.156. The van der Waals surface area contributed by atoms with Gasteiger partial charge in [-0.3, -0.25) is 4.79 Å². The molecule has 9 heteroatoms. The van der Waals surface area contributed by atoms with E-state index in [9.17, 15) is 30.3 Å². The molecular weight excluding hydrogens is 755 g/mol. The normalized spacial score (nSPS) is 20.7. The zero-order chi connectivity index (χ0) is 43.7. The quantitative estimate of drug-likeness (QED) is 0.0262.